The van der Waals surface area contributed by atoms with Crippen molar-refractivity contribution in [2.75, 3.05) is 19.6 Å². The fraction of sp³-hybridized carbons (Fsp3) is 0.462. The van der Waals surface area contributed by atoms with Gasteiger partial charge in [-0.1, -0.05) is 15.9 Å². The second-order valence-electron chi connectivity index (χ2n) is 4.72. The minimum atomic E-state index is -0.413. The number of carbonyl (C=O) groups excluding carboxylic acids is 1. The maximum atomic E-state index is 11.8. The summed E-state index contributed by atoms with van der Waals surface area (Å²) in [5.74, 6) is 0.0577. The van der Waals surface area contributed by atoms with Gasteiger partial charge in [-0.3, -0.25) is 14.9 Å². The van der Waals surface area contributed by atoms with Crippen LogP contribution in [0.4, 0.5) is 5.69 Å². The van der Waals surface area contributed by atoms with Gasteiger partial charge in [0.25, 0.3) is 5.69 Å². The predicted molar refractivity (Wildman–Crippen MR) is 78.3 cm³/mol. The summed E-state index contributed by atoms with van der Waals surface area (Å²) in [6.07, 6.45) is 2.12. The molecule has 108 valence electrons. The van der Waals surface area contributed by atoms with Crippen molar-refractivity contribution in [2.24, 2.45) is 0 Å². The Hall–Kier alpha value is -1.47. The first-order valence-electron chi connectivity index (χ1n) is 6.49. The number of hydrogen-bond acceptors (Lipinski definition) is 4. The lowest BCUT2D eigenvalue weighted by atomic mass is 10.2. The SMILES string of the molecule is O=C(CNCc1ccc(Br)cc1[N+](=O)[O-])N1CCCC1. The number of nitro groups is 1. The van der Waals surface area contributed by atoms with E-state index in [0.29, 0.717) is 16.6 Å². The summed E-state index contributed by atoms with van der Waals surface area (Å²) in [4.78, 5) is 24.2. The minimum Gasteiger partial charge on any atom is -0.342 e. The fourth-order valence-electron chi connectivity index (χ4n) is 2.24. The van der Waals surface area contributed by atoms with Crippen molar-refractivity contribution in [3.63, 3.8) is 0 Å². The van der Waals surface area contributed by atoms with E-state index in [2.05, 4.69) is 21.2 Å². The lowest BCUT2D eigenvalue weighted by Gasteiger charge is -2.15. The van der Waals surface area contributed by atoms with Gasteiger partial charge in [0.2, 0.25) is 5.91 Å². The molecule has 0 aliphatic carbocycles. The number of nitrogens with zero attached hydrogens (tertiary/aromatic N) is 2. The third kappa shape index (κ3) is 3.77. The summed E-state index contributed by atoms with van der Waals surface area (Å²) in [6, 6.07) is 4.92. The van der Waals surface area contributed by atoms with E-state index < -0.39 is 4.92 Å². The smallest absolute Gasteiger partial charge is 0.275 e. The zero-order valence-corrected chi connectivity index (χ0v) is 12.6. The molecule has 0 spiro atoms. The molecule has 1 heterocycles. The Labute approximate surface area is 125 Å². The topological polar surface area (TPSA) is 75.5 Å². The Bertz CT molecular complexity index is 516. The molecule has 0 unspecified atom stereocenters. The van der Waals surface area contributed by atoms with Crippen LogP contribution in [0.25, 0.3) is 0 Å². The number of amides is 1. The molecule has 1 aromatic rings. The van der Waals surface area contributed by atoms with Crippen molar-refractivity contribution < 1.29 is 9.72 Å². The van der Waals surface area contributed by atoms with Gasteiger partial charge < -0.3 is 10.2 Å². The lowest BCUT2D eigenvalue weighted by molar-refractivity contribution is -0.385. The van der Waals surface area contributed by atoms with Gasteiger partial charge in [-0.2, -0.15) is 0 Å². The van der Waals surface area contributed by atoms with E-state index >= 15 is 0 Å². The van der Waals surface area contributed by atoms with Crippen LogP contribution in [-0.2, 0) is 11.3 Å². The molecule has 0 saturated carbocycles. The Morgan fingerprint density at radius 3 is 2.75 bits per heavy atom. The highest BCUT2D eigenvalue weighted by Gasteiger charge is 2.18. The molecular weight excluding hydrogens is 326 g/mol. The molecule has 1 fully saturated rings. The van der Waals surface area contributed by atoms with Crippen molar-refractivity contribution in [1.82, 2.24) is 10.2 Å². The first-order chi connectivity index (χ1) is 9.58. The van der Waals surface area contributed by atoms with Gasteiger partial charge in [-0.15, -0.1) is 0 Å². The Balaban J connectivity index is 1.90. The van der Waals surface area contributed by atoms with E-state index in [4.69, 9.17) is 0 Å². The van der Waals surface area contributed by atoms with Crippen molar-refractivity contribution in [3.05, 3.63) is 38.3 Å². The van der Waals surface area contributed by atoms with Crippen LogP contribution in [0.3, 0.4) is 0 Å². The van der Waals surface area contributed by atoms with Crippen LogP contribution in [0.5, 0.6) is 0 Å². The maximum absolute atomic E-state index is 11.8. The number of likely N-dealkylation sites (tertiary alicyclic amines) is 1. The van der Waals surface area contributed by atoms with Crippen LogP contribution in [0.15, 0.2) is 22.7 Å². The zero-order valence-electron chi connectivity index (χ0n) is 11.0. The first kappa shape index (κ1) is 14.9. The van der Waals surface area contributed by atoms with Crippen molar-refractivity contribution in [3.8, 4) is 0 Å². The van der Waals surface area contributed by atoms with Crippen molar-refractivity contribution in [2.45, 2.75) is 19.4 Å². The summed E-state index contributed by atoms with van der Waals surface area (Å²) in [5.41, 5.74) is 0.632. The van der Waals surface area contributed by atoms with Crippen LogP contribution in [0.1, 0.15) is 18.4 Å². The van der Waals surface area contributed by atoms with E-state index in [0.717, 1.165) is 25.9 Å². The number of halogens is 1. The molecule has 1 aliphatic rings. The van der Waals surface area contributed by atoms with E-state index in [1.807, 2.05) is 4.90 Å². The monoisotopic (exact) mass is 341 g/mol. The summed E-state index contributed by atoms with van der Waals surface area (Å²) in [7, 11) is 0. The number of benzene rings is 1. The molecule has 7 heteroatoms. The van der Waals surface area contributed by atoms with Gasteiger partial charge in [0.15, 0.2) is 0 Å². The van der Waals surface area contributed by atoms with Crippen LogP contribution in [0, 0.1) is 10.1 Å². The summed E-state index contributed by atoms with van der Waals surface area (Å²) in [6.45, 7) is 2.16. The third-order valence-corrected chi connectivity index (χ3v) is 3.79. The van der Waals surface area contributed by atoms with Crippen LogP contribution >= 0.6 is 15.9 Å². The van der Waals surface area contributed by atoms with Gasteiger partial charge >= 0.3 is 0 Å². The number of carbonyl (C=O) groups is 1. The normalized spacial score (nSPS) is 14.6. The molecule has 1 aromatic carbocycles. The molecule has 1 amide bonds. The molecule has 20 heavy (non-hydrogen) atoms. The summed E-state index contributed by atoms with van der Waals surface area (Å²) < 4.78 is 0.668. The molecule has 0 atom stereocenters. The Morgan fingerprint density at radius 1 is 1.40 bits per heavy atom. The van der Waals surface area contributed by atoms with Crippen LogP contribution in [-0.4, -0.2) is 35.4 Å². The van der Waals surface area contributed by atoms with E-state index in [1.54, 1.807) is 12.1 Å². The Morgan fingerprint density at radius 2 is 2.10 bits per heavy atom. The quantitative estimate of drug-likeness (QED) is 0.657. The third-order valence-electron chi connectivity index (χ3n) is 3.29. The molecule has 2 rings (SSSR count). The van der Waals surface area contributed by atoms with E-state index in [1.165, 1.54) is 6.07 Å². The summed E-state index contributed by atoms with van der Waals surface area (Å²) >= 11 is 3.22. The molecule has 0 radical (unpaired) electrons. The molecule has 6 nitrogen and oxygen atoms in total. The molecule has 1 N–H and O–H groups in total. The lowest BCUT2D eigenvalue weighted by Crippen LogP contribution is -2.36. The average molecular weight is 342 g/mol. The van der Waals surface area contributed by atoms with Gasteiger partial charge in [-0.05, 0) is 25.0 Å². The number of hydrogen-bond donors (Lipinski definition) is 1. The van der Waals surface area contributed by atoms with Gasteiger partial charge in [0, 0.05) is 35.7 Å². The highest BCUT2D eigenvalue weighted by atomic mass is 79.9. The average Bonchev–Trinajstić information content (AvgIpc) is 2.94. The fourth-order valence-corrected chi connectivity index (χ4v) is 2.59. The van der Waals surface area contributed by atoms with Gasteiger partial charge in [0.05, 0.1) is 11.5 Å². The predicted octanol–water partition coefficient (Wildman–Crippen LogP) is 2.07. The first-order valence-corrected chi connectivity index (χ1v) is 7.28. The molecule has 0 bridgehead atoms. The number of nitrogens with one attached hydrogen (secondary N) is 1. The molecular formula is C13H16BrN3O3. The molecule has 1 saturated heterocycles. The van der Waals surface area contributed by atoms with E-state index in [9.17, 15) is 14.9 Å². The van der Waals surface area contributed by atoms with Crippen LogP contribution in [0.2, 0.25) is 0 Å². The second kappa shape index (κ2) is 6.81. The number of nitro benzene ring substituents is 1. The zero-order chi connectivity index (χ0) is 14.5. The van der Waals surface area contributed by atoms with Crippen LogP contribution < -0.4 is 5.32 Å². The van der Waals surface area contributed by atoms with Crippen molar-refractivity contribution in [1.29, 1.82) is 0 Å². The van der Waals surface area contributed by atoms with E-state index in [-0.39, 0.29) is 18.1 Å². The highest BCUT2D eigenvalue weighted by molar-refractivity contribution is 9.10. The van der Waals surface area contributed by atoms with Crippen molar-refractivity contribution >= 4 is 27.5 Å². The minimum absolute atomic E-state index is 0.0560. The maximum Gasteiger partial charge on any atom is 0.275 e. The second-order valence-corrected chi connectivity index (χ2v) is 5.64. The molecule has 1 aliphatic heterocycles. The number of rotatable bonds is 5. The largest absolute Gasteiger partial charge is 0.342 e. The molecule has 0 aromatic heterocycles. The van der Waals surface area contributed by atoms with Gasteiger partial charge in [-0.25, -0.2) is 0 Å². The highest BCUT2D eigenvalue weighted by Crippen LogP contribution is 2.23. The standard InChI is InChI=1S/C13H16BrN3O3/c14-11-4-3-10(12(7-11)17(19)20)8-15-9-13(18)16-5-1-2-6-16/h3-4,7,15H,1-2,5-6,8-9H2. The summed E-state index contributed by atoms with van der Waals surface area (Å²) in [5, 5.41) is 13.9. The van der Waals surface area contributed by atoms with Gasteiger partial charge in [0.1, 0.15) is 0 Å². The Kier molecular flexibility index (Phi) is 5.08.